The molecule has 0 fully saturated rings. The summed E-state index contributed by atoms with van der Waals surface area (Å²) in [6.07, 6.45) is 3.24. The third-order valence-corrected chi connectivity index (χ3v) is 2.32. The van der Waals surface area contributed by atoms with Crippen LogP contribution in [0.5, 0.6) is 0 Å². The van der Waals surface area contributed by atoms with Crippen molar-refractivity contribution < 1.29 is 9.90 Å². The van der Waals surface area contributed by atoms with Gasteiger partial charge in [0.2, 0.25) is 0 Å². The Labute approximate surface area is 80.8 Å². The summed E-state index contributed by atoms with van der Waals surface area (Å²) in [5.41, 5.74) is 1.98. The largest absolute Gasteiger partial charge is 0.478 e. The minimum absolute atomic E-state index is 0.256. The van der Waals surface area contributed by atoms with Crippen LogP contribution in [0.4, 0.5) is 0 Å². The molecule has 1 N–H and O–H groups in total. The topological polar surface area (TPSA) is 55.1 Å². The number of hydrogen-bond acceptors (Lipinski definition) is 2. The lowest BCUT2D eigenvalue weighted by Gasteiger charge is -2.02. The van der Waals surface area contributed by atoms with E-state index in [2.05, 4.69) is 4.98 Å². The highest BCUT2D eigenvalue weighted by Crippen LogP contribution is 2.21. The van der Waals surface area contributed by atoms with Crippen LogP contribution in [0.1, 0.15) is 16.1 Å². The summed E-state index contributed by atoms with van der Waals surface area (Å²) in [5, 5.41) is 9.68. The Morgan fingerprint density at radius 2 is 2.29 bits per heavy atom. The summed E-state index contributed by atoms with van der Waals surface area (Å²) in [6, 6.07) is 1.80. The number of nitrogens with zero attached hydrogens (tertiary/aromatic N) is 2. The van der Waals surface area contributed by atoms with E-state index in [1.807, 2.05) is 24.7 Å². The summed E-state index contributed by atoms with van der Waals surface area (Å²) < 4.78 is 1.88. The van der Waals surface area contributed by atoms with Crippen molar-refractivity contribution >= 4 is 16.9 Å². The fraction of sp³-hybridized carbons (Fsp3) is 0.200. The molecule has 2 rings (SSSR count). The molecule has 4 nitrogen and oxygen atoms in total. The summed E-state index contributed by atoms with van der Waals surface area (Å²) in [7, 11) is 1.88. The van der Waals surface area contributed by atoms with Crippen molar-refractivity contribution in [2.24, 2.45) is 7.05 Å². The SMILES string of the molecule is Cc1ncc(C(=O)O)c2ccn(C)c12. The molecule has 2 heterocycles. The van der Waals surface area contributed by atoms with Crippen molar-refractivity contribution in [2.45, 2.75) is 6.92 Å². The van der Waals surface area contributed by atoms with Crippen molar-refractivity contribution in [3.63, 3.8) is 0 Å². The first kappa shape index (κ1) is 8.74. The van der Waals surface area contributed by atoms with Gasteiger partial charge in [-0.3, -0.25) is 4.98 Å². The Balaban J connectivity index is 2.90. The minimum Gasteiger partial charge on any atom is -0.478 e. The van der Waals surface area contributed by atoms with Gasteiger partial charge < -0.3 is 9.67 Å². The summed E-state index contributed by atoms with van der Waals surface area (Å²) >= 11 is 0. The first-order valence-electron chi connectivity index (χ1n) is 4.25. The van der Waals surface area contributed by atoms with E-state index in [1.165, 1.54) is 6.20 Å². The Bertz CT molecular complexity index is 514. The lowest BCUT2D eigenvalue weighted by atomic mass is 10.1. The van der Waals surface area contributed by atoms with E-state index in [-0.39, 0.29) is 5.56 Å². The second-order valence-corrected chi connectivity index (χ2v) is 3.25. The van der Waals surface area contributed by atoms with Crippen LogP contribution in [0.15, 0.2) is 18.5 Å². The van der Waals surface area contributed by atoms with E-state index in [0.29, 0.717) is 0 Å². The van der Waals surface area contributed by atoms with Gasteiger partial charge in [-0.25, -0.2) is 4.79 Å². The fourth-order valence-corrected chi connectivity index (χ4v) is 1.66. The van der Waals surface area contributed by atoms with Gasteiger partial charge in [0.15, 0.2) is 0 Å². The van der Waals surface area contributed by atoms with Gasteiger partial charge in [-0.1, -0.05) is 0 Å². The monoisotopic (exact) mass is 190 g/mol. The predicted octanol–water partition coefficient (Wildman–Crippen LogP) is 1.58. The number of hydrogen-bond donors (Lipinski definition) is 1. The highest BCUT2D eigenvalue weighted by molar-refractivity contribution is 6.03. The van der Waals surface area contributed by atoms with Crippen molar-refractivity contribution in [1.82, 2.24) is 9.55 Å². The third kappa shape index (κ3) is 1.08. The molecule has 4 heteroatoms. The number of carbonyl (C=O) groups is 1. The number of rotatable bonds is 1. The highest BCUT2D eigenvalue weighted by Gasteiger charge is 2.12. The van der Waals surface area contributed by atoms with Crippen LogP contribution >= 0.6 is 0 Å². The molecule has 0 saturated carbocycles. The molecule has 0 atom stereocenters. The molecule has 0 bridgehead atoms. The lowest BCUT2D eigenvalue weighted by molar-refractivity contribution is 0.0698. The molecule has 72 valence electrons. The van der Waals surface area contributed by atoms with Crippen molar-refractivity contribution in [1.29, 1.82) is 0 Å². The second kappa shape index (κ2) is 2.83. The van der Waals surface area contributed by atoms with E-state index in [4.69, 9.17) is 5.11 Å². The summed E-state index contributed by atoms with van der Waals surface area (Å²) in [6.45, 7) is 1.87. The molecule has 0 spiro atoms. The van der Waals surface area contributed by atoms with Gasteiger partial charge in [0.05, 0.1) is 16.8 Å². The standard InChI is InChI=1S/C10H10N2O2/c1-6-9-7(3-4-12(9)2)8(5-11-6)10(13)14/h3-5H,1-2H3,(H,13,14). The van der Waals surface area contributed by atoms with Crippen LogP contribution in [0.3, 0.4) is 0 Å². The number of aryl methyl sites for hydroxylation is 2. The molecule has 0 unspecified atom stereocenters. The second-order valence-electron chi connectivity index (χ2n) is 3.25. The Kier molecular flexibility index (Phi) is 1.77. The number of carboxylic acid groups (broad SMARTS) is 1. The lowest BCUT2D eigenvalue weighted by Crippen LogP contribution is -2.00. The number of aromatic nitrogens is 2. The quantitative estimate of drug-likeness (QED) is 0.742. The van der Waals surface area contributed by atoms with Gasteiger partial charge in [0.1, 0.15) is 0 Å². The number of carboxylic acids is 1. The molecular formula is C10H10N2O2. The maximum Gasteiger partial charge on any atom is 0.337 e. The maximum atomic E-state index is 10.9. The zero-order chi connectivity index (χ0) is 10.3. The highest BCUT2D eigenvalue weighted by atomic mass is 16.4. The Morgan fingerprint density at radius 3 is 2.93 bits per heavy atom. The van der Waals surface area contributed by atoms with Gasteiger partial charge in [-0.05, 0) is 13.0 Å². The van der Waals surface area contributed by atoms with E-state index in [1.54, 1.807) is 6.07 Å². The van der Waals surface area contributed by atoms with Crippen LogP contribution in [0.25, 0.3) is 10.9 Å². The zero-order valence-electron chi connectivity index (χ0n) is 7.98. The minimum atomic E-state index is -0.936. The predicted molar refractivity (Wildman–Crippen MR) is 52.4 cm³/mol. The Hall–Kier alpha value is -1.84. The number of pyridine rings is 1. The van der Waals surface area contributed by atoms with Crippen LogP contribution in [0, 0.1) is 6.92 Å². The van der Waals surface area contributed by atoms with E-state index in [0.717, 1.165) is 16.6 Å². The molecule has 0 saturated heterocycles. The summed E-state index contributed by atoms with van der Waals surface area (Å²) in [4.78, 5) is 14.9. The molecule has 0 aliphatic heterocycles. The average molecular weight is 190 g/mol. The first-order chi connectivity index (χ1) is 6.61. The van der Waals surface area contributed by atoms with Gasteiger partial charge >= 0.3 is 5.97 Å². The molecule has 2 aromatic rings. The molecule has 14 heavy (non-hydrogen) atoms. The average Bonchev–Trinajstić information content (AvgIpc) is 2.49. The Morgan fingerprint density at radius 1 is 1.57 bits per heavy atom. The van der Waals surface area contributed by atoms with Gasteiger partial charge in [-0.15, -0.1) is 0 Å². The molecule has 0 aromatic carbocycles. The van der Waals surface area contributed by atoms with Crippen LogP contribution < -0.4 is 0 Å². The molecule has 0 radical (unpaired) electrons. The van der Waals surface area contributed by atoms with E-state index in [9.17, 15) is 4.79 Å². The van der Waals surface area contributed by atoms with Crippen LogP contribution in [0.2, 0.25) is 0 Å². The van der Waals surface area contributed by atoms with Crippen LogP contribution in [-0.2, 0) is 7.05 Å². The smallest absolute Gasteiger partial charge is 0.337 e. The molecule has 0 aliphatic carbocycles. The normalized spacial score (nSPS) is 10.7. The molecule has 0 amide bonds. The van der Waals surface area contributed by atoms with Crippen molar-refractivity contribution in [2.75, 3.05) is 0 Å². The fourth-order valence-electron chi connectivity index (χ4n) is 1.66. The first-order valence-corrected chi connectivity index (χ1v) is 4.25. The molecular weight excluding hydrogens is 180 g/mol. The van der Waals surface area contributed by atoms with Crippen LogP contribution in [-0.4, -0.2) is 20.6 Å². The van der Waals surface area contributed by atoms with Gasteiger partial charge in [0.25, 0.3) is 0 Å². The van der Waals surface area contributed by atoms with Crippen molar-refractivity contribution in [3.8, 4) is 0 Å². The van der Waals surface area contributed by atoms with Gasteiger partial charge in [0, 0.05) is 24.8 Å². The molecule has 0 aliphatic rings. The van der Waals surface area contributed by atoms with E-state index < -0.39 is 5.97 Å². The number of fused-ring (bicyclic) bond motifs is 1. The zero-order valence-corrected chi connectivity index (χ0v) is 7.98. The third-order valence-electron chi connectivity index (χ3n) is 2.32. The maximum absolute atomic E-state index is 10.9. The van der Waals surface area contributed by atoms with Gasteiger partial charge in [-0.2, -0.15) is 0 Å². The number of aromatic carboxylic acids is 1. The van der Waals surface area contributed by atoms with Crippen molar-refractivity contribution in [3.05, 3.63) is 29.7 Å². The molecule has 2 aromatic heterocycles. The van der Waals surface area contributed by atoms with E-state index >= 15 is 0 Å². The summed E-state index contributed by atoms with van der Waals surface area (Å²) in [5.74, 6) is -0.936.